The molecule has 0 fully saturated rings. The molecule has 0 bridgehead atoms. The SMILES string of the molecule is CN(C)c1ccccc1/C=C1\Cc2c(Br)cccc2C1=O. The first-order valence-electron chi connectivity index (χ1n) is 6.87. The first-order valence-corrected chi connectivity index (χ1v) is 7.66. The summed E-state index contributed by atoms with van der Waals surface area (Å²) in [5.74, 6) is 0.139. The van der Waals surface area contributed by atoms with Crippen molar-refractivity contribution in [3.8, 4) is 0 Å². The molecule has 106 valence electrons. The number of anilines is 1. The Labute approximate surface area is 133 Å². The number of Topliss-reactive ketones (excluding diaryl/α,β-unsaturated/α-hetero) is 1. The first-order chi connectivity index (χ1) is 10.1. The van der Waals surface area contributed by atoms with E-state index in [1.807, 2.05) is 56.6 Å². The summed E-state index contributed by atoms with van der Waals surface area (Å²) in [5, 5.41) is 0. The summed E-state index contributed by atoms with van der Waals surface area (Å²) in [7, 11) is 4.03. The van der Waals surface area contributed by atoms with E-state index >= 15 is 0 Å². The van der Waals surface area contributed by atoms with Crippen LogP contribution in [0, 0.1) is 0 Å². The summed E-state index contributed by atoms with van der Waals surface area (Å²) in [6.07, 6.45) is 2.71. The Morgan fingerprint density at radius 3 is 2.57 bits per heavy atom. The number of hydrogen-bond donors (Lipinski definition) is 0. The number of hydrogen-bond acceptors (Lipinski definition) is 2. The number of carbonyl (C=O) groups excluding carboxylic acids is 1. The van der Waals surface area contributed by atoms with Gasteiger partial charge >= 0.3 is 0 Å². The van der Waals surface area contributed by atoms with E-state index in [2.05, 4.69) is 26.9 Å². The molecule has 0 atom stereocenters. The molecule has 0 saturated heterocycles. The highest BCUT2D eigenvalue weighted by Gasteiger charge is 2.26. The summed E-state index contributed by atoms with van der Waals surface area (Å²) in [6, 6.07) is 13.9. The van der Waals surface area contributed by atoms with E-state index in [1.54, 1.807) is 0 Å². The molecule has 3 rings (SSSR count). The quantitative estimate of drug-likeness (QED) is 0.757. The lowest BCUT2D eigenvalue weighted by molar-refractivity contribution is 0.104. The topological polar surface area (TPSA) is 20.3 Å². The molecule has 0 saturated carbocycles. The lowest BCUT2D eigenvalue weighted by atomic mass is 10.1. The van der Waals surface area contributed by atoms with Gasteiger partial charge in [-0.2, -0.15) is 0 Å². The maximum atomic E-state index is 12.5. The highest BCUT2D eigenvalue weighted by Crippen LogP contribution is 2.33. The van der Waals surface area contributed by atoms with Crippen LogP contribution in [0.25, 0.3) is 6.08 Å². The Morgan fingerprint density at radius 1 is 1.10 bits per heavy atom. The molecule has 0 aliphatic heterocycles. The van der Waals surface area contributed by atoms with E-state index in [1.165, 1.54) is 0 Å². The smallest absolute Gasteiger partial charge is 0.189 e. The van der Waals surface area contributed by atoms with Crippen molar-refractivity contribution < 1.29 is 4.79 Å². The van der Waals surface area contributed by atoms with Crippen molar-refractivity contribution in [3.05, 3.63) is 69.2 Å². The Bertz CT molecular complexity index is 747. The molecule has 1 aliphatic rings. The molecule has 0 N–H and O–H groups in total. The molecule has 1 aliphatic carbocycles. The summed E-state index contributed by atoms with van der Waals surface area (Å²) in [4.78, 5) is 14.6. The van der Waals surface area contributed by atoms with E-state index in [-0.39, 0.29) is 5.78 Å². The van der Waals surface area contributed by atoms with Crippen LogP contribution in [0.2, 0.25) is 0 Å². The fourth-order valence-corrected chi connectivity index (χ4v) is 3.22. The molecule has 0 unspecified atom stereocenters. The average Bonchev–Trinajstić information content (AvgIpc) is 2.78. The van der Waals surface area contributed by atoms with Gasteiger partial charge in [-0.3, -0.25) is 4.79 Å². The fraction of sp³-hybridized carbons (Fsp3) is 0.167. The van der Waals surface area contributed by atoms with Gasteiger partial charge in [0.15, 0.2) is 5.78 Å². The van der Waals surface area contributed by atoms with Crippen LogP contribution in [0.4, 0.5) is 5.69 Å². The van der Waals surface area contributed by atoms with Crippen molar-refractivity contribution in [1.82, 2.24) is 0 Å². The zero-order valence-corrected chi connectivity index (χ0v) is 13.6. The number of carbonyl (C=O) groups is 1. The van der Waals surface area contributed by atoms with Crippen LogP contribution >= 0.6 is 15.9 Å². The molecule has 2 aromatic rings. The van der Waals surface area contributed by atoms with Gasteiger partial charge in [-0.25, -0.2) is 0 Å². The lowest BCUT2D eigenvalue weighted by Gasteiger charge is -2.15. The number of fused-ring (bicyclic) bond motifs is 1. The Balaban J connectivity index is 2.04. The molecule has 21 heavy (non-hydrogen) atoms. The van der Waals surface area contributed by atoms with Crippen LogP contribution in [-0.2, 0) is 6.42 Å². The number of allylic oxidation sites excluding steroid dienone is 1. The highest BCUT2D eigenvalue weighted by atomic mass is 79.9. The predicted octanol–water partition coefficient (Wildman–Crippen LogP) is 4.34. The molecule has 2 aromatic carbocycles. The van der Waals surface area contributed by atoms with E-state index in [0.717, 1.165) is 32.4 Å². The van der Waals surface area contributed by atoms with Crippen LogP contribution in [0.3, 0.4) is 0 Å². The Hall–Kier alpha value is -1.87. The molecule has 0 spiro atoms. The van der Waals surface area contributed by atoms with Crippen LogP contribution in [0.15, 0.2) is 52.5 Å². The number of nitrogens with zero attached hydrogens (tertiary/aromatic N) is 1. The first kappa shape index (κ1) is 14.1. The zero-order valence-electron chi connectivity index (χ0n) is 12.1. The van der Waals surface area contributed by atoms with Crippen molar-refractivity contribution in [3.63, 3.8) is 0 Å². The minimum Gasteiger partial charge on any atom is -0.377 e. The molecule has 3 heteroatoms. The number of ketones is 1. The van der Waals surface area contributed by atoms with E-state index < -0.39 is 0 Å². The van der Waals surface area contributed by atoms with Crippen molar-refractivity contribution in [2.45, 2.75) is 6.42 Å². The summed E-state index contributed by atoms with van der Waals surface area (Å²) < 4.78 is 1.01. The van der Waals surface area contributed by atoms with Gasteiger partial charge in [0, 0.05) is 41.8 Å². The van der Waals surface area contributed by atoms with Crippen molar-refractivity contribution in [2.75, 3.05) is 19.0 Å². The summed E-state index contributed by atoms with van der Waals surface area (Å²) >= 11 is 3.54. The Morgan fingerprint density at radius 2 is 1.86 bits per heavy atom. The maximum absolute atomic E-state index is 12.5. The third-order valence-corrected chi connectivity index (χ3v) is 4.51. The number of para-hydroxylation sites is 1. The van der Waals surface area contributed by atoms with E-state index in [4.69, 9.17) is 0 Å². The molecule has 0 heterocycles. The molecule has 0 radical (unpaired) electrons. The molecular formula is C18H16BrNO. The van der Waals surface area contributed by atoms with Gasteiger partial charge in [0.2, 0.25) is 0 Å². The molecule has 0 aromatic heterocycles. The normalized spacial score (nSPS) is 15.4. The van der Waals surface area contributed by atoms with Gasteiger partial charge in [0.05, 0.1) is 0 Å². The second-order valence-electron chi connectivity index (χ2n) is 5.39. The van der Waals surface area contributed by atoms with E-state index in [9.17, 15) is 4.79 Å². The molecule has 0 amide bonds. The van der Waals surface area contributed by atoms with Crippen molar-refractivity contribution >= 4 is 33.5 Å². The van der Waals surface area contributed by atoms with Crippen LogP contribution < -0.4 is 4.90 Å². The third-order valence-electron chi connectivity index (χ3n) is 3.77. The van der Waals surface area contributed by atoms with Crippen LogP contribution in [-0.4, -0.2) is 19.9 Å². The van der Waals surface area contributed by atoms with Gasteiger partial charge in [-0.15, -0.1) is 0 Å². The minimum atomic E-state index is 0.139. The van der Waals surface area contributed by atoms with Crippen molar-refractivity contribution in [1.29, 1.82) is 0 Å². The minimum absolute atomic E-state index is 0.139. The van der Waals surface area contributed by atoms with E-state index in [0.29, 0.717) is 6.42 Å². The highest BCUT2D eigenvalue weighted by molar-refractivity contribution is 9.10. The second-order valence-corrected chi connectivity index (χ2v) is 6.25. The molecule has 2 nitrogen and oxygen atoms in total. The van der Waals surface area contributed by atoms with Crippen LogP contribution in [0.1, 0.15) is 21.5 Å². The summed E-state index contributed by atoms with van der Waals surface area (Å²) in [6.45, 7) is 0. The average molecular weight is 342 g/mol. The second kappa shape index (κ2) is 5.49. The number of rotatable bonds is 2. The third kappa shape index (κ3) is 2.54. The summed E-state index contributed by atoms with van der Waals surface area (Å²) in [5.41, 5.74) is 4.96. The number of benzene rings is 2. The zero-order chi connectivity index (χ0) is 15.0. The van der Waals surface area contributed by atoms with Gasteiger partial charge in [0.1, 0.15) is 0 Å². The molecular weight excluding hydrogens is 326 g/mol. The Kier molecular flexibility index (Phi) is 3.68. The monoisotopic (exact) mass is 341 g/mol. The fourth-order valence-electron chi connectivity index (χ4n) is 2.72. The predicted molar refractivity (Wildman–Crippen MR) is 90.9 cm³/mol. The number of halogens is 1. The van der Waals surface area contributed by atoms with Gasteiger partial charge < -0.3 is 4.90 Å². The van der Waals surface area contributed by atoms with Crippen LogP contribution in [0.5, 0.6) is 0 Å². The largest absolute Gasteiger partial charge is 0.377 e. The standard InChI is InChI=1S/C18H16BrNO/c1-20(2)17-9-4-3-6-12(17)10-13-11-15-14(18(13)21)7-5-8-16(15)19/h3-10H,11H2,1-2H3/b13-10+. The lowest BCUT2D eigenvalue weighted by Crippen LogP contribution is -2.10. The van der Waals surface area contributed by atoms with Gasteiger partial charge in [0.25, 0.3) is 0 Å². The van der Waals surface area contributed by atoms with Crippen molar-refractivity contribution in [2.24, 2.45) is 0 Å². The van der Waals surface area contributed by atoms with Gasteiger partial charge in [-0.1, -0.05) is 46.3 Å². The van der Waals surface area contributed by atoms with Gasteiger partial charge in [-0.05, 0) is 29.3 Å². The maximum Gasteiger partial charge on any atom is 0.189 e.